The second kappa shape index (κ2) is 9.00. The zero-order valence-corrected chi connectivity index (χ0v) is 3.98. The summed E-state index contributed by atoms with van der Waals surface area (Å²) in [6.07, 6.45) is 0. The third-order valence-electron chi connectivity index (χ3n) is 0. The maximum absolute atomic E-state index is 9.81. The van der Waals surface area contributed by atoms with Crippen molar-refractivity contribution in [3.8, 4) is 0 Å². The first-order valence-corrected chi connectivity index (χ1v) is 2.09. The van der Waals surface area contributed by atoms with Crippen molar-refractivity contribution >= 4 is 0 Å². The molecule has 0 aliphatic carbocycles. The van der Waals surface area contributed by atoms with Crippen LogP contribution in [0.15, 0.2) is 0 Å². The molecule has 0 aliphatic heterocycles. The Balaban J connectivity index is -0.0000000450. The number of rotatable bonds is 0. The Morgan fingerprint density at radius 3 is 0.833 bits per heavy atom. The van der Waals surface area contributed by atoms with Crippen molar-refractivity contribution in [2.24, 2.45) is 0 Å². The van der Waals surface area contributed by atoms with Crippen LogP contribution in [0.1, 0.15) is 0 Å². The Hall–Kier alpha value is 0.294. The summed E-state index contributed by atoms with van der Waals surface area (Å²) in [4.78, 5) is 0. The molecule has 6 heteroatoms. The van der Waals surface area contributed by atoms with E-state index in [2.05, 4.69) is 0 Å². The molecule has 0 bridgehead atoms. The summed E-state index contributed by atoms with van der Waals surface area (Å²) in [7, 11) is 0. The zero-order valence-electron chi connectivity index (χ0n) is 2.58. The second-order valence-corrected chi connectivity index (χ2v) is 0.790. The van der Waals surface area contributed by atoms with Gasteiger partial charge in [-0.25, -0.2) is 0 Å². The SMILES string of the molecule is O.O.[F][V]([F])[F]. The van der Waals surface area contributed by atoms with E-state index in [4.69, 9.17) is 0 Å². The van der Waals surface area contributed by atoms with Crippen molar-refractivity contribution in [3.63, 3.8) is 0 Å². The number of halogens is 3. The van der Waals surface area contributed by atoms with Crippen molar-refractivity contribution in [2.75, 3.05) is 0 Å². The molecule has 0 heterocycles. The average molecular weight is 144 g/mol. The molecule has 0 aromatic heterocycles. The summed E-state index contributed by atoms with van der Waals surface area (Å²) < 4.78 is 29.4. The van der Waals surface area contributed by atoms with E-state index < -0.39 is 16.6 Å². The molecule has 2 nitrogen and oxygen atoms in total. The summed E-state index contributed by atoms with van der Waals surface area (Å²) in [5, 5.41) is 0. The Kier molecular flexibility index (Phi) is 24.4. The molecule has 4 N–H and O–H groups in total. The first kappa shape index (κ1) is 16.3. The van der Waals surface area contributed by atoms with Crippen LogP contribution in [-0.2, 0) is 16.6 Å². The summed E-state index contributed by atoms with van der Waals surface area (Å²) in [5.74, 6) is 0. The first-order chi connectivity index (χ1) is 1.73. The summed E-state index contributed by atoms with van der Waals surface area (Å²) in [6, 6.07) is 0. The fourth-order valence-corrected chi connectivity index (χ4v) is 0. The maximum atomic E-state index is 9.81. The van der Waals surface area contributed by atoms with Gasteiger partial charge in [0.1, 0.15) is 0 Å². The molecule has 0 aliphatic rings. The van der Waals surface area contributed by atoms with Gasteiger partial charge in [-0.2, -0.15) is 0 Å². The summed E-state index contributed by atoms with van der Waals surface area (Å²) >= 11 is -4.69. The molecule has 0 aromatic rings. The van der Waals surface area contributed by atoms with E-state index in [0.717, 1.165) is 0 Å². The molecule has 0 saturated heterocycles. The fourth-order valence-electron chi connectivity index (χ4n) is 0. The third kappa shape index (κ3) is 538. The molecule has 42 valence electrons. The predicted molar refractivity (Wildman–Crippen MR) is 10.6 cm³/mol. The minimum atomic E-state index is -4.69. The van der Waals surface area contributed by atoms with Gasteiger partial charge in [-0.05, 0) is 0 Å². The van der Waals surface area contributed by atoms with Gasteiger partial charge in [-0.15, -0.1) is 0 Å². The van der Waals surface area contributed by atoms with Gasteiger partial charge in [0, 0.05) is 0 Å². The molecule has 0 amide bonds. The van der Waals surface area contributed by atoms with Crippen LogP contribution in [0.5, 0.6) is 0 Å². The van der Waals surface area contributed by atoms with Crippen LogP contribution in [-0.4, -0.2) is 11.0 Å². The van der Waals surface area contributed by atoms with Gasteiger partial charge < -0.3 is 11.0 Å². The van der Waals surface area contributed by atoms with Crippen LogP contribution >= 0.6 is 0 Å². The van der Waals surface area contributed by atoms with Crippen LogP contribution in [0, 0.1) is 0 Å². The number of hydrogen-bond acceptors (Lipinski definition) is 0. The molecule has 0 unspecified atom stereocenters. The summed E-state index contributed by atoms with van der Waals surface area (Å²) in [6.45, 7) is 0. The molecule has 0 atom stereocenters. The van der Waals surface area contributed by atoms with Crippen LogP contribution in [0.3, 0.4) is 0 Å². The van der Waals surface area contributed by atoms with E-state index >= 15 is 0 Å². The zero-order chi connectivity index (χ0) is 3.58. The molecule has 0 saturated carbocycles. The van der Waals surface area contributed by atoms with E-state index in [0.29, 0.717) is 0 Å². The molecule has 0 rings (SSSR count). The summed E-state index contributed by atoms with van der Waals surface area (Å²) in [5.41, 5.74) is 0. The molecule has 6 heavy (non-hydrogen) atoms. The molecule has 0 radical (unpaired) electrons. The van der Waals surface area contributed by atoms with Gasteiger partial charge in [0.2, 0.25) is 0 Å². The average Bonchev–Trinajstić information content (AvgIpc) is 0.811. The standard InChI is InChI=1S/3FH.2H2O.V/h3*1H;2*1H2;/q;;;;;+3/p-3. The Morgan fingerprint density at radius 1 is 0.833 bits per heavy atom. The van der Waals surface area contributed by atoms with Crippen molar-refractivity contribution < 1.29 is 37.8 Å². The van der Waals surface area contributed by atoms with Gasteiger partial charge >= 0.3 is 26.8 Å². The Morgan fingerprint density at radius 2 is 0.833 bits per heavy atom. The second-order valence-electron chi connectivity index (χ2n) is 0.192. The van der Waals surface area contributed by atoms with Gasteiger partial charge in [0.05, 0.1) is 0 Å². The van der Waals surface area contributed by atoms with Crippen LogP contribution in [0.25, 0.3) is 0 Å². The predicted octanol–water partition coefficient (Wildman–Crippen LogP) is -0.391. The van der Waals surface area contributed by atoms with E-state index in [1.807, 2.05) is 0 Å². The van der Waals surface area contributed by atoms with Gasteiger partial charge in [-0.3, -0.25) is 0 Å². The van der Waals surface area contributed by atoms with Crippen molar-refractivity contribution in [3.05, 3.63) is 0 Å². The Labute approximate surface area is 38.7 Å². The van der Waals surface area contributed by atoms with Crippen LogP contribution in [0.4, 0.5) is 10.2 Å². The van der Waals surface area contributed by atoms with E-state index in [-0.39, 0.29) is 11.0 Å². The minimum absolute atomic E-state index is 0. The van der Waals surface area contributed by atoms with Crippen molar-refractivity contribution in [1.82, 2.24) is 0 Å². The first-order valence-electron chi connectivity index (χ1n) is 0.507. The van der Waals surface area contributed by atoms with Crippen molar-refractivity contribution in [2.45, 2.75) is 0 Å². The topological polar surface area (TPSA) is 63.0 Å². The molecule has 0 aromatic carbocycles. The van der Waals surface area contributed by atoms with Gasteiger partial charge in [0.15, 0.2) is 0 Å². The molecule has 0 spiro atoms. The van der Waals surface area contributed by atoms with Crippen LogP contribution in [0.2, 0.25) is 0 Å². The third-order valence-corrected chi connectivity index (χ3v) is 0. The molecular weight excluding hydrogens is 140 g/mol. The molecular formula is H4F3O2V. The Bertz CT molecular complexity index is 13.5. The number of hydrogen-bond donors (Lipinski definition) is 0. The fraction of sp³-hybridized carbons (Fsp3) is 0. The van der Waals surface area contributed by atoms with Gasteiger partial charge in [0.25, 0.3) is 0 Å². The normalized spacial score (nSPS) is 6.00. The van der Waals surface area contributed by atoms with E-state index in [1.54, 1.807) is 0 Å². The quantitative estimate of drug-likeness (QED) is 0.444. The molecule has 0 fully saturated rings. The van der Waals surface area contributed by atoms with Gasteiger partial charge in [-0.1, -0.05) is 0 Å². The van der Waals surface area contributed by atoms with Crippen LogP contribution < -0.4 is 0 Å². The van der Waals surface area contributed by atoms with E-state index in [1.165, 1.54) is 0 Å². The van der Waals surface area contributed by atoms with Crippen molar-refractivity contribution in [1.29, 1.82) is 0 Å². The van der Waals surface area contributed by atoms with E-state index in [9.17, 15) is 10.2 Å². The monoisotopic (exact) mass is 144 g/mol.